The van der Waals surface area contributed by atoms with Crippen molar-refractivity contribution < 1.29 is 10.0 Å². The summed E-state index contributed by atoms with van der Waals surface area (Å²) in [6.07, 6.45) is 0.851. The lowest BCUT2D eigenvalue weighted by atomic mass is 10.1. The molecule has 0 unspecified atom stereocenters. The van der Waals surface area contributed by atoms with Gasteiger partial charge in [0.15, 0.2) is 5.75 Å². The SMILES string of the molecule is O=[N+]([O-])c1cc([C@H]2C[C@@H]2Cl)ccc1O. The Labute approximate surface area is 85.3 Å². The number of phenols is 1. The van der Waals surface area contributed by atoms with Crippen molar-refractivity contribution in [3.8, 4) is 5.75 Å². The quantitative estimate of drug-likeness (QED) is 0.466. The van der Waals surface area contributed by atoms with Gasteiger partial charge in [0.1, 0.15) is 0 Å². The summed E-state index contributed by atoms with van der Waals surface area (Å²) in [4.78, 5) is 9.92. The van der Waals surface area contributed by atoms with Crippen LogP contribution in [-0.2, 0) is 0 Å². The summed E-state index contributed by atoms with van der Waals surface area (Å²) in [7, 11) is 0. The molecule has 0 amide bonds. The van der Waals surface area contributed by atoms with Crippen molar-refractivity contribution in [3.63, 3.8) is 0 Å². The van der Waals surface area contributed by atoms with Crippen LogP contribution in [-0.4, -0.2) is 15.4 Å². The molecule has 0 heterocycles. The van der Waals surface area contributed by atoms with Crippen LogP contribution in [0.2, 0.25) is 0 Å². The second kappa shape index (κ2) is 3.13. The molecule has 0 bridgehead atoms. The number of alkyl halides is 1. The fourth-order valence-corrected chi connectivity index (χ4v) is 1.76. The number of halogens is 1. The molecule has 0 aliphatic heterocycles. The maximum Gasteiger partial charge on any atom is 0.310 e. The van der Waals surface area contributed by atoms with Crippen molar-refractivity contribution in [2.75, 3.05) is 0 Å². The highest BCUT2D eigenvalue weighted by molar-refractivity contribution is 6.23. The molecule has 2 atom stereocenters. The molecule has 1 aliphatic carbocycles. The average molecular weight is 214 g/mol. The third-order valence-electron chi connectivity index (χ3n) is 2.34. The smallest absolute Gasteiger partial charge is 0.310 e. The Morgan fingerprint density at radius 3 is 2.71 bits per heavy atom. The number of hydrogen-bond acceptors (Lipinski definition) is 3. The van der Waals surface area contributed by atoms with E-state index in [1.165, 1.54) is 12.1 Å². The first-order valence-electron chi connectivity index (χ1n) is 4.21. The van der Waals surface area contributed by atoms with Crippen LogP contribution in [0.3, 0.4) is 0 Å². The van der Waals surface area contributed by atoms with Gasteiger partial charge in [-0.15, -0.1) is 11.6 Å². The normalized spacial score (nSPS) is 24.6. The maximum atomic E-state index is 10.5. The summed E-state index contributed by atoms with van der Waals surface area (Å²) in [5.41, 5.74) is 0.577. The third kappa shape index (κ3) is 1.53. The Morgan fingerprint density at radius 2 is 2.21 bits per heavy atom. The fourth-order valence-electron chi connectivity index (χ4n) is 1.43. The Balaban J connectivity index is 2.36. The van der Waals surface area contributed by atoms with Gasteiger partial charge in [-0.05, 0) is 18.1 Å². The molecule has 0 spiro atoms. The van der Waals surface area contributed by atoms with Gasteiger partial charge >= 0.3 is 5.69 Å². The minimum absolute atomic E-state index is 0.0825. The van der Waals surface area contributed by atoms with Crippen LogP contribution in [0.5, 0.6) is 5.75 Å². The minimum atomic E-state index is -0.593. The van der Waals surface area contributed by atoms with E-state index < -0.39 is 4.92 Å². The molecule has 1 N–H and O–H groups in total. The highest BCUT2D eigenvalue weighted by Crippen LogP contribution is 2.46. The second-order valence-electron chi connectivity index (χ2n) is 3.36. The highest BCUT2D eigenvalue weighted by atomic mass is 35.5. The minimum Gasteiger partial charge on any atom is -0.502 e. The molecule has 2 rings (SSSR count). The largest absolute Gasteiger partial charge is 0.502 e. The molecule has 1 aliphatic rings. The standard InChI is InChI=1S/C9H8ClNO3/c10-7-4-6(7)5-1-2-9(12)8(3-5)11(13)14/h1-3,6-7,12H,4H2/t6-,7+/m1/s1. The molecule has 5 heteroatoms. The molecule has 1 aromatic carbocycles. The van der Waals surface area contributed by atoms with Crippen LogP contribution in [0.4, 0.5) is 5.69 Å². The van der Waals surface area contributed by atoms with Crippen LogP contribution in [0.25, 0.3) is 0 Å². The molecular weight excluding hydrogens is 206 g/mol. The van der Waals surface area contributed by atoms with Crippen molar-refractivity contribution >= 4 is 17.3 Å². The van der Waals surface area contributed by atoms with Crippen LogP contribution in [0, 0.1) is 10.1 Å². The summed E-state index contributed by atoms with van der Waals surface area (Å²) < 4.78 is 0. The van der Waals surface area contributed by atoms with Gasteiger partial charge in [0.2, 0.25) is 0 Å². The van der Waals surface area contributed by atoms with Gasteiger partial charge in [-0.3, -0.25) is 10.1 Å². The molecule has 1 fully saturated rings. The lowest BCUT2D eigenvalue weighted by molar-refractivity contribution is -0.385. The number of nitro groups is 1. The Kier molecular flexibility index (Phi) is 2.07. The van der Waals surface area contributed by atoms with Crippen molar-refractivity contribution in [2.45, 2.75) is 17.7 Å². The van der Waals surface area contributed by atoms with Gasteiger partial charge in [0.25, 0.3) is 0 Å². The van der Waals surface area contributed by atoms with Crippen molar-refractivity contribution in [1.29, 1.82) is 0 Å². The Hall–Kier alpha value is -1.29. The summed E-state index contributed by atoms with van der Waals surface area (Å²) in [6, 6.07) is 4.41. The Bertz CT molecular complexity index is 394. The molecule has 4 nitrogen and oxygen atoms in total. The fraction of sp³-hybridized carbons (Fsp3) is 0.333. The van der Waals surface area contributed by atoms with Crippen molar-refractivity contribution in [3.05, 3.63) is 33.9 Å². The summed E-state index contributed by atoms with van der Waals surface area (Å²) in [5, 5.41) is 19.8. The topological polar surface area (TPSA) is 63.4 Å². The number of phenolic OH excluding ortho intramolecular Hbond substituents is 1. The Morgan fingerprint density at radius 1 is 1.57 bits per heavy atom. The van der Waals surface area contributed by atoms with E-state index in [-0.39, 0.29) is 22.7 Å². The molecule has 74 valence electrons. The number of nitro benzene ring substituents is 1. The van der Waals surface area contributed by atoms with E-state index >= 15 is 0 Å². The van der Waals surface area contributed by atoms with Crippen LogP contribution in [0.15, 0.2) is 18.2 Å². The zero-order valence-corrected chi connectivity index (χ0v) is 7.94. The second-order valence-corrected chi connectivity index (χ2v) is 3.92. The van der Waals surface area contributed by atoms with Gasteiger partial charge in [-0.25, -0.2) is 0 Å². The number of rotatable bonds is 2. The van der Waals surface area contributed by atoms with Gasteiger partial charge < -0.3 is 5.11 Å². The summed E-state index contributed by atoms with van der Waals surface area (Å²) >= 11 is 5.83. The van der Waals surface area contributed by atoms with E-state index in [1.807, 2.05) is 0 Å². The number of hydrogen-bond donors (Lipinski definition) is 1. The van der Waals surface area contributed by atoms with E-state index in [9.17, 15) is 15.2 Å². The lowest BCUT2D eigenvalue weighted by Gasteiger charge is -1.99. The molecule has 0 aromatic heterocycles. The van der Waals surface area contributed by atoms with Gasteiger partial charge in [-0.2, -0.15) is 0 Å². The zero-order valence-electron chi connectivity index (χ0n) is 7.18. The lowest BCUT2D eigenvalue weighted by Crippen LogP contribution is -1.91. The van der Waals surface area contributed by atoms with Crippen LogP contribution in [0.1, 0.15) is 17.9 Å². The third-order valence-corrected chi connectivity index (χ3v) is 2.82. The predicted octanol–water partition coefficient (Wildman–Crippen LogP) is 2.40. The van der Waals surface area contributed by atoms with E-state index in [0.29, 0.717) is 0 Å². The number of benzene rings is 1. The van der Waals surface area contributed by atoms with Crippen molar-refractivity contribution in [2.24, 2.45) is 0 Å². The first-order valence-corrected chi connectivity index (χ1v) is 4.64. The highest BCUT2D eigenvalue weighted by Gasteiger charge is 2.37. The zero-order chi connectivity index (χ0) is 10.3. The van der Waals surface area contributed by atoms with E-state index in [1.54, 1.807) is 6.07 Å². The van der Waals surface area contributed by atoms with E-state index in [2.05, 4.69) is 0 Å². The van der Waals surface area contributed by atoms with Gasteiger partial charge in [0, 0.05) is 17.4 Å². The molecule has 1 aromatic rings. The molecular formula is C9H8ClNO3. The predicted molar refractivity (Wildman–Crippen MR) is 51.8 cm³/mol. The van der Waals surface area contributed by atoms with Gasteiger partial charge in [0.05, 0.1) is 4.92 Å². The van der Waals surface area contributed by atoms with Crippen LogP contribution < -0.4 is 0 Å². The van der Waals surface area contributed by atoms with Crippen LogP contribution >= 0.6 is 11.6 Å². The maximum absolute atomic E-state index is 10.5. The number of nitrogens with zero attached hydrogens (tertiary/aromatic N) is 1. The summed E-state index contributed by atoms with van der Waals surface area (Å²) in [6.45, 7) is 0. The summed E-state index contributed by atoms with van der Waals surface area (Å²) in [5.74, 6) is -0.0958. The monoisotopic (exact) mass is 213 g/mol. The first-order chi connectivity index (χ1) is 6.59. The van der Waals surface area contributed by atoms with Crippen molar-refractivity contribution in [1.82, 2.24) is 0 Å². The molecule has 14 heavy (non-hydrogen) atoms. The molecule has 0 radical (unpaired) electrons. The number of aromatic hydroxyl groups is 1. The average Bonchev–Trinajstić information content (AvgIpc) is 2.83. The molecule has 1 saturated carbocycles. The van der Waals surface area contributed by atoms with Gasteiger partial charge in [-0.1, -0.05) is 6.07 Å². The molecule has 0 saturated heterocycles. The van der Waals surface area contributed by atoms with E-state index in [4.69, 9.17) is 11.6 Å². The first kappa shape index (κ1) is 9.27. The van der Waals surface area contributed by atoms with E-state index in [0.717, 1.165) is 12.0 Å².